The lowest BCUT2D eigenvalue weighted by Gasteiger charge is -1.99. The van der Waals surface area contributed by atoms with Gasteiger partial charge in [-0.05, 0) is 45.3 Å². The molecular weight excluding hydrogens is 330 g/mol. The quantitative estimate of drug-likeness (QED) is 0.847. The zero-order valence-electron chi connectivity index (χ0n) is 8.28. The predicted octanol–water partition coefficient (Wildman–Crippen LogP) is 4.06. The lowest BCUT2D eigenvalue weighted by molar-refractivity contribution is 0.970. The second-order valence-electron chi connectivity index (χ2n) is 2.87. The van der Waals surface area contributed by atoms with Crippen LogP contribution in [0.15, 0.2) is 26.1 Å². The molecule has 2 aromatic rings. The van der Waals surface area contributed by atoms with Gasteiger partial charge in [0.1, 0.15) is 10.9 Å². The SMILES string of the molecule is CCc1nsc(Sc2ncc(Cl)cc2Br)n1. The Kier molecular flexibility index (Phi) is 4.18. The zero-order chi connectivity index (χ0) is 11.5. The zero-order valence-corrected chi connectivity index (χ0v) is 12.3. The minimum Gasteiger partial charge on any atom is -0.247 e. The fourth-order valence-corrected chi connectivity index (χ4v) is 3.44. The van der Waals surface area contributed by atoms with Gasteiger partial charge in [0.05, 0.1) is 9.50 Å². The molecular formula is C9H7BrClN3S2. The van der Waals surface area contributed by atoms with Crippen LogP contribution in [0.1, 0.15) is 12.7 Å². The topological polar surface area (TPSA) is 38.7 Å². The Balaban J connectivity index is 2.20. The van der Waals surface area contributed by atoms with Gasteiger partial charge in [-0.25, -0.2) is 9.97 Å². The summed E-state index contributed by atoms with van der Waals surface area (Å²) in [6.07, 6.45) is 2.47. The molecule has 0 N–H and O–H groups in total. The van der Waals surface area contributed by atoms with Crippen molar-refractivity contribution < 1.29 is 0 Å². The van der Waals surface area contributed by atoms with Crippen LogP contribution in [-0.2, 0) is 6.42 Å². The molecule has 0 aliphatic carbocycles. The molecule has 2 rings (SSSR count). The van der Waals surface area contributed by atoms with Crippen LogP contribution < -0.4 is 0 Å². The highest BCUT2D eigenvalue weighted by atomic mass is 79.9. The second kappa shape index (κ2) is 5.44. The lowest BCUT2D eigenvalue weighted by atomic mass is 10.5. The van der Waals surface area contributed by atoms with Crippen molar-refractivity contribution in [1.29, 1.82) is 0 Å². The van der Waals surface area contributed by atoms with E-state index in [1.165, 1.54) is 23.3 Å². The van der Waals surface area contributed by atoms with Gasteiger partial charge < -0.3 is 0 Å². The average molecular weight is 337 g/mol. The van der Waals surface area contributed by atoms with Crippen LogP contribution in [0.2, 0.25) is 5.02 Å². The third-order valence-electron chi connectivity index (χ3n) is 1.72. The first-order valence-electron chi connectivity index (χ1n) is 4.50. The van der Waals surface area contributed by atoms with Crippen LogP contribution in [0.4, 0.5) is 0 Å². The minimum absolute atomic E-state index is 0.614. The van der Waals surface area contributed by atoms with Crippen LogP contribution in [0.5, 0.6) is 0 Å². The number of rotatable bonds is 3. The Bertz CT molecular complexity index is 503. The number of halogens is 2. The van der Waals surface area contributed by atoms with E-state index in [1.54, 1.807) is 6.20 Å². The first-order valence-corrected chi connectivity index (χ1v) is 7.26. The lowest BCUT2D eigenvalue weighted by Crippen LogP contribution is -1.83. The molecule has 0 spiro atoms. The summed E-state index contributed by atoms with van der Waals surface area (Å²) in [6, 6.07) is 1.82. The summed E-state index contributed by atoms with van der Waals surface area (Å²) >= 11 is 12.1. The maximum Gasteiger partial charge on any atom is 0.176 e. The third-order valence-corrected chi connectivity index (χ3v) is 4.61. The third kappa shape index (κ3) is 2.94. The normalized spacial score (nSPS) is 10.7. The highest BCUT2D eigenvalue weighted by molar-refractivity contribution is 9.10. The summed E-state index contributed by atoms with van der Waals surface area (Å²) in [5.41, 5.74) is 0. The van der Waals surface area contributed by atoms with Gasteiger partial charge in [-0.2, -0.15) is 4.37 Å². The van der Waals surface area contributed by atoms with Gasteiger partial charge >= 0.3 is 0 Å². The maximum absolute atomic E-state index is 5.82. The molecule has 84 valence electrons. The largest absolute Gasteiger partial charge is 0.247 e. The summed E-state index contributed by atoms with van der Waals surface area (Å²) in [5, 5.41) is 1.46. The first kappa shape index (κ1) is 12.3. The van der Waals surface area contributed by atoms with Crippen LogP contribution in [0.25, 0.3) is 0 Å². The predicted molar refractivity (Wildman–Crippen MR) is 70.4 cm³/mol. The Morgan fingerprint density at radius 3 is 3.00 bits per heavy atom. The van der Waals surface area contributed by atoms with Crippen molar-refractivity contribution in [2.45, 2.75) is 22.7 Å². The van der Waals surface area contributed by atoms with Crippen molar-refractivity contribution in [1.82, 2.24) is 14.3 Å². The summed E-state index contributed by atoms with van der Waals surface area (Å²) in [5.74, 6) is 0.873. The maximum atomic E-state index is 5.82. The Hall–Kier alpha value is -0.170. The van der Waals surface area contributed by atoms with E-state index in [-0.39, 0.29) is 0 Å². The van der Waals surface area contributed by atoms with E-state index >= 15 is 0 Å². The molecule has 3 nitrogen and oxygen atoms in total. The Labute approximate surface area is 115 Å². The van der Waals surface area contributed by atoms with Crippen LogP contribution in [-0.4, -0.2) is 14.3 Å². The number of aromatic nitrogens is 3. The average Bonchev–Trinajstić information content (AvgIpc) is 2.70. The van der Waals surface area contributed by atoms with Crippen molar-refractivity contribution in [2.75, 3.05) is 0 Å². The smallest absolute Gasteiger partial charge is 0.176 e. The number of pyridine rings is 1. The van der Waals surface area contributed by atoms with Crippen LogP contribution >= 0.6 is 50.8 Å². The second-order valence-corrected chi connectivity index (χ2v) is 6.15. The minimum atomic E-state index is 0.614. The number of hydrogen-bond donors (Lipinski definition) is 0. The van der Waals surface area contributed by atoms with Gasteiger partial charge in [0.15, 0.2) is 4.34 Å². The van der Waals surface area contributed by atoms with Crippen molar-refractivity contribution in [3.8, 4) is 0 Å². The number of aryl methyl sites for hydroxylation is 1. The number of nitrogens with zero attached hydrogens (tertiary/aromatic N) is 3. The summed E-state index contributed by atoms with van der Waals surface area (Å²) in [4.78, 5) is 8.60. The van der Waals surface area contributed by atoms with Crippen molar-refractivity contribution in [3.05, 3.63) is 27.6 Å². The summed E-state index contributed by atoms with van der Waals surface area (Å²) in [7, 11) is 0. The van der Waals surface area contributed by atoms with Gasteiger partial charge in [-0.1, -0.05) is 18.5 Å². The van der Waals surface area contributed by atoms with Gasteiger partial charge in [0, 0.05) is 12.6 Å². The molecule has 0 saturated heterocycles. The molecule has 0 saturated carbocycles. The first-order chi connectivity index (χ1) is 7.69. The van der Waals surface area contributed by atoms with E-state index in [0.29, 0.717) is 5.02 Å². The molecule has 0 atom stereocenters. The monoisotopic (exact) mass is 335 g/mol. The van der Waals surface area contributed by atoms with Gasteiger partial charge in [-0.3, -0.25) is 0 Å². The van der Waals surface area contributed by atoms with E-state index < -0.39 is 0 Å². The van der Waals surface area contributed by atoms with Crippen LogP contribution in [0, 0.1) is 0 Å². The highest BCUT2D eigenvalue weighted by Gasteiger charge is 2.09. The van der Waals surface area contributed by atoms with Gasteiger partial charge in [0.25, 0.3) is 0 Å². The van der Waals surface area contributed by atoms with Crippen molar-refractivity contribution in [3.63, 3.8) is 0 Å². The molecule has 0 aliphatic heterocycles. The molecule has 7 heteroatoms. The Morgan fingerprint density at radius 1 is 1.56 bits per heavy atom. The molecule has 0 radical (unpaired) electrons. The Morgan fingerprint density at radius 2 is 2.38 bits per heavy atom. The van der Waals surface area contributed by atoms with E-state index in [0.717, 1.165) is 26.1 Å². The molecule has 0 bridgehead atoms. The van der Waals surface area contributed by atoms with E-state index in [9.17, 15) is 0 Å². The fraction of sp³-hybridized carbons (Fsp3) is 0.222. The molecule has 0 aliphatic rings. The summed E-state index contributed by atoms with van der Waals surface area (Å²) in [6.45, 7) is 2.03. The molecule has 0 amide bonds. The van der Waals surface area contributed by atoms with Gasteiger partial charge in [0.2, 0.25) is 0 Å². The molecule has 0 unspecified atom stereocenters. The standard InChI is InChI=1S/C9H7BrClN3S2/c1-2-7-13-9(16-14-7)15-8-6(10)3-5(11)4-12-8/h3-4H,2H2,1H3. The molecule has 0 aromatic carbocycles. The van der Waals surface area contributed by atoms with Crippen LogP contribution in [0.3, 0.4) is 0 Å². The fourth-order valence-electron chi connectivity index (χ4n) is 0.983. The van der Waals surface area contributed by atoms with Crippen molar-refractivity contribution >= 4 is 50.8 Å². The van der Waals surface area contributed by atoms with E-state index in [4.69, 9.17) is 11.6 Å². The summed E-state index contributed by atoms with van der Waals surface area (Å²) < 4.78 is 5.99. The number of hydrogen-bond acceptors (Lipinski definition) is 5. The molecule has 0 fully saturated rings. The van der Waals surface area contributed by atoms with E-state index in [2.05, 4.69) is 30.3 Å². The highest BCUT2D eigenvalue weighted by Crippen LogP contribution is 2.33. The van der Waals surface area contributed by atoms with Crippen molar-refractivity contribution in [2.24, 2.45) is 0 Å². The molecule has 2 aromatic heterocycles. The molecule has 16 heavy (non-hydrogen) atoms. The van der Waals surface area contributed by atoms with Gasteiger partial charge in [-0.15, -0.1) is 0 Å². The van der Waals surface area contributed by atoms with E-state index in [1.807, 2.05) is 13.0 Å². The molecule has 2 heterocycles.